The van der Waals surface area contributed by atoms with Gasteiger partial charge in [0.25, 0.3) is 11.8 Å². The van der Waals surface area contributed by atoms with Crippen molar-refractivity contribution in [3.8, 4) is 5.75 Å². The van der Waals surface area contributed by atoms with Crippen molar-refractivity contribution in [2.24, 2.45) is 0 Å². The molecule has 1 N–H and O–H groups in total. The van der Waals surface area contributed by atoms with Crippen LogP contribution in [0.15, 0.2) is 48.5 Å². The topological polar surface area (TPSA) is 61.9 Å². The van der Waals surface area contributed by atoms with E-state index in [0.29, 0.717) is 24.2 Å². The molecule has 2 amide bonds. The Morgan fingerprint density at radius 3 is 2.07 bits per heavy atom. The first-order valence-corrected chi connectivity index (χ1v) is 9.49. The minimum atomic E-state index is -0.0646. The van der Waals surface area contributed by atoms with Crippen LogP contribution in [0.4, 0.5) is 5.69 Å². The molecule has 0 bridgehead atoms. The summed E-state index contributed by atoms with van der Waals surface area (Å²) in [5.41, 5.74) is 2.37. The first-order chi connectivity index (χ1) is 13.5. The van der Waals surface area contributed by atoms with Crippen LogP contribution in [0.2, 0.25) is 0 Å². The second-order valence-electron chi connectivity index (χ2n) is 7.21. The highest BCUT2D eigenvalue weighted by Gasteiger charge is 2.25. The first kappa shape index (κ1) is 19.7. The second kappa shape index (κ2) is 8.78. The Morgan fingerprint density at radius 1 is 0.964 bits per heavy atom. The molecular formula is C22H27N3O3. The van der Waals surface area contributed by atoms with Crippen molar-refractivity contribution in [1.29, 1.82) is 0 Å². The lowest BCUT2D eigenvalue weighted by Crippen LogP contribution is -2.46. The number of benzene rings is 2. The molecule has 1 aliphatic heterocycles. The summed E-state index contributed by atoms with van der Waals surface area (Å²) in [6.45, 7) is 1.27. The zero-order valence-corrected chi connectivity index (χ0v) is 16.6. The molecule has 2 aromatic rings. The highest BCUT2D eigenvalue weighted by atomic mass is 16.5. The number of ether oxygens (including phenoxy) is 1. The lowest BCUT2D eigenvalue weighted by atomic mass is 10.0. The maximum absolute atomic E-state index is 12.6. The summed E-state index contributed by atoms with van der Waals surface area (Å²) >= 11 is 0. The zero-order chi connectivity index (χ0) is 20.1. The predicted molar refractivity (Wildman–Crippen MR) is 110 cm³/mol. The van der Waals surface area contributed by atoms with E-state index in [2.05, 4.69) is 5.32 Å². The Balaban J connectivity index is 1.51. The Bertz CT molecular complexity index is 808. The van der Waals surface area contributed by atoms with Crippen LogP contribution in [-0.4, -0.2) is 57.1 Å². The van der Waals surface area contributed by atoms with Crippen LogP contribution in [0.25, 0.3) is 0 Å². The van der Waals surface area contributed by atoms with Crippen LogP contribution in [0.5, 0.6) is 5.75 Å². The molecule has 0 unspecified atom stereocenters. The van der Waals surface area contributed by atoms with Crippen molar-refractivity contribution < 1.29 is 14.3 Å². The summed E-state index contributed by atoms with van der Waals surface area (Å²) in [5.74, 6) is 0.688. The molecule has 2 aromatic carbocycles. The number of piperidine rings is 1. The molecule has 6 nitrogen and oxygen atoms in total. The highest BCUT2D eigenvalue weighted by Crippen LogP contribution is 2.18. The van der Waals surface area contributed by atoms with Gasteiger partial charge < -0.3 is 19.9 Å². The zero-order valence-electron chi connectivity index (χ0n) is 16.6. The molecule has 0 aliphatic carbocycles. The van der Waals surface area contributed by atoms with Crippen LogP contribution in [0, 0.1) is 0 Å². The van der Waals surface area contributed by atoms with Gasteiger partial charge in [0.15, 0.2) is 0 Å². The van der Waals surface area contributed by atoms with Gasteiger partial charge >= 0.3 is 0 Å². The number of amides is 2. The summed E-state index contributed by atoms with van der Waals surface area (Å²) in [4.78, 5) is 28.9. The Hall–Kier alpha value is -3.02. The average Bonchev–Trinajstić information content (AvgIpc) is 2.74. The maximum Gasteiger partial charge on any atom is 0.253 e. The number of rotatable bonds is 5. The number of methoxy groups -OCH3 is 1. The van der Waals surface area contributed by atoms with Gasteiger partial charge in [-0.25, -0.2) is 0 Å². The molecule has 0 spiro atoms. The number of carbonyl (C=O) groups is 2. The van der Waals surface area contributed by atoms with Crippen LogP contribution in [-0.2, 0) is 0 Å². The third-order valence-corrected chi connectivity index (χ3v) is 5.10. The number of nitrogens with one attached hydrogen (secondary N) is 1. The van der Waals surface area contributed by atoms with Crippen molar-refractivity contribution in [2.45, 2.75) is 18.9 Å². The molecule has 6 heteroatoms. The summed E-state index contributed by atoms with van der Waals surface area (Å²) in [7, 11) is 5.54. The van der Waals surface area contributed by atoms with Crippen molar-refractivity contribution >= 4 is 17.5 Å². The van der Waals surface area contributed by atoms with Crippen molar-refractivity contribution in [2.75, 3.05) is 39.2 Å². The standard InChI is InChI=1S/C22H27N3O3/c1-24(2)19-8-4-16(5-9-19)21(26)23-18-12-14-25(15-13-18)22(27)17-6-10-20(28-3)11-7-17/h4-11,18H,12-15H2,1-3H3,(H,23,26). The number of nitrogens with zero attached hydrogens (tertiary/aromatic N) is 2. The smallest absolute Gasteiger partial charge is 0.253 e. The number of hydrogen-bond donors (Lipinski definition) is 1. The van der Waals surface area contributed by atoms with E-state index in [1.165, 1.54) is 0 Å². The van der Waals surface area contributed by atoms with E-state index in [1.807, 2.05) is 48.2 Å². The summed E-state index contributed by atoms with van der Waals surface area (Å²) < 4.78 is 5.13. The van der Waals surface area contributed by atoms with E-state index in [1.54, 1.807) is 31.4 Å². The summed E-state index contributed by atoms with van der Waals surface area (Å²) in [6.07, 6.45) is 1.51. The summed E-state index contributed by atoms with van der Waals surface area (Å²) in [6, 6.07) is 14.8. The van der Waals surface area contributed by atoms with Crippen LogP contribution in [0.1, 0.15) is 33.6 Å². The van der Waals surface area contributed by atoms with Crippen LogP contribution in [0.3, 0.4) is 0 Å². The average molecular weight is 381 g/mol. The molecule has 0 radical (unpaired) electrons. The lowest BCUT2D eigenvalue weighted by molar-refractivity contribution is 0.0698. The van der Waals surface area contributed by atoms with Gasteiger partial charge in [-0.2, -0.15) is 0 Å². The normalized spacial score (nSPS) is 14.5. The van der Waals surface area contributed by atoms with Gasteiger partial charge in [-0.15, -0.1) is 0 Å². The molecule has 1 heterocycles. The molecule has 1 saturated heterocycles. The largest absolute Gasteiger partial charge is 0.497 e. The second-order valence-corrected chi connectivity index (χ2v) is 7.21. The minimum absolute atomic E-state index is 0.0201. The van der Waals surface area contributed by atoms with Crippen LogP contribution < -0.4 is 15.0 Å². The molecule has 1 fully saturated rings. The number of anilines is 1. The number of carbonyl (C=O) groups excluding carboxylic acids is 2. The molecule has 148 valence electrons. The predicted octanol–water partition coefficient (Wildman–Crippen LogP) is 2.80. The fourth-order valence-electron chi connectivity index (χ4n) is 3.32. The first-order valence-electron chi connectivity index (χ1n) is 9.49. The highest BCUT2D eigenvalue weighted by molar-refractivity contribution is 5.95. The Morgan fingerprint density at radius 2 is 1.54 bits per heavy atom. The van der Waals surface area contributed by atoms with E-state index in [-0.39, 0.29) is 17.9 Å². The van der Waals surface area contributed by atoms with Gasteiger partial charge in [0.05, 0.1) is 7.11 Å². The van der Waals surface area contributed by atoms with Gasteiger partial charge in [-0.3, -0.25) is 9.59 Å². The lowest BCUT2D eigenvalue weighted by Gasteiger charge is -2.32. The van der Waals surface area contributed by atoms with Gasteiger partial charge in [0, 0.05) is 50.0 Å². The van der Waals surface area contributed by atoms with Gasteiger partial charge in [0.1, 0.15) is 5.75 Å². The fourth-order valence-corrected chi connectivity index (χ4v) is 3.32. The van der Waals surface area contributed by atoms with E-state index in [9.17, 15) is 9.59 Å². The molecule has 3 rings (SSSR count). The third-order valence-electron chi connectivity index (χ3n) is 5.10. The van der Waals surface area contributed by atoms with E-state index < -0.39 is 0 Å². The molecule has 0 atom stereocenters. The minimum Gasteiger partial charge on any atom is -0.497 e. The fraction of sp³-hybridized carbons (Fsp3) is 0.364. The van der Waals surface area contributed by atoms with Gasteiger partial charge in [-0.05, 0) is 61.4 Å². The van der Waals surface area contributed by atoms with E-state index >= 15 is 0 Å². The number of hydrogen-bond acceptors (Lipinski definition) is 4. The molecule has 28 heavy (non-hydrogen) atoms. The molecule has 0 aromatic heterocycles. The Kier molecular flexibility index (Phi) is 6.19. The van der Waals surface area contributed by atoms with E-state index in [4.69, 9.17) is 4.74 Å². The number of likely N-dealkylation sites (tertiary alicyclic amines) is 1. The van der Waals surface area contributed by atoms with Crippen molar-refractivity contribution in [3.05, 3.63) is 59.7 Å². The molecule has 0 saturated carbocycles. The quantitative estimate of drug-likeness (QED) is 0.865. The third kappa shape index (κ3) is 4.63. The maximum atomic E-state index is 12.6. The van der Waals surface area contributed by atoms with Crippen molar-refractivity contribution in [3.63, 3.8) is 0 Å². The van der Waals surface area contributed by atoms with E-state index in [0.717, 1.165) is 24.3 Å². The van der Waals surface area contributed by atoms with Gasteiger partial charge in [0.2, 0.25) is 0 Å². The van der Waals surface area contributed by atoms with Crippen LogP contribution >= 0.6 is 0 Å². The summed E-state index contributed by atoms with van der Waals surface area (Å²) in [5, 5.41) is 3.09. The Labute approximate surface area is 166 Å². The van der Waals surface area contributed by atoms with Gasteiger partial charge in [-0.1, -0.05) is 0 Å². The van der Waals surface area contributed by atoms with Crippen molar-refractivity contribution in [1.82, 2.24) is 10.2 Å². The SMILES string of the molecule is COc1ccc(C(=O)N2CCC(NC(=O)c3ccc(N(C)C)cc3)CC2)cc1. The monoisotopic (exact) mass is 381 g/mol. The molecular weight excluding hydrogens is 354 g/mol. The molecule has 1 aliphatic rings.